The highest BCUT2D eigenvalue weighted by Crippen LogP contribution is 2.44. The van der Waals surface area contributed by atoms with Crippen LogP contribution in [0.4, 0.5) is 8.78 Å². The highest BCUT2D eigenvalue weighted by molar-refractivity contribution is 7.10. The maximum Gasteiger partial charge on any atom is 0.252 e. The minimum Gasteiger partial charge on any atom is -0.349 e. The lowest BCUT2D eigenvalue weighted by Gasteiger charge is -2.33. The van der Waals surface area contributed by atoms with Crippen molar-refractivity contribution in [3.05, 3.63) is 21.9 Å². The normalized spacial score (nSPS) is 34.4. The smallest absolute Gasteiger partial charge is 0.252 e. The number of thiophene rings is 1. The van der Waals surface area contributed by atoms with Crippen molar-refractivity contribution in [2.75, 3.05) is 0 Å². The summed E-state index contributed by atoms with van der Waals surface area (Å²) in [6.07, 6.45) is 3.68. The van der Waals surface area contributed by atoms with Crippen LogP contribution in [0.1, 0.15) is 66.1 Å². The van der Waals surface area contributed by atoms with Gasteiger partial charge in [0.05, 0.1) is 5.56 Å². The Morgan fingerprint density at radius 1 is 1.20 bits per heavy atom. The fourth-order valence-corrected chi connectivity index (χ4v) is 4.98. The molecule has 0 aliphatic heterocycles. The summed E-state index contributed by atoms with van der Waals surface area (Å²) in [6, 6.07) is 3.25. The van der Waals surface area contributed by atoms with Gasteiger partial charge < -0.3 is 16.4 Å². The van der Waals surface area contributed by atoms with E-state index in [0.717, 1.165) is 19.3 Å². The van der Waals surface area contributed by atoms with Crippen LogP contribution in [-0.4, -0.2) is 36.0 Å². The zero-order valence-electron chi connectivity index (χ0n) is 14.1. The second-order valence-corrected chi connectivity index (χ2v) is 8.83. The molecule has 0 saturated heterocycles. The molecule has 25 heavy (non-hydrogen) atoms. The Bertz CT molecular complexity index is 634. The van der Waals surface area contributed by atoms with Crippen molar-refractivity contribution in [1.82, 2.24) is 10.6 Å². The van der Waals surface area contributed by atoms with Crippen molar-refractivity contribution in [3.8, 4) is 0 Å². The molecule has 1 amide bonds. The lowest BCUT2D eigenvalue weighted by atomic mass is 9.87. The number of carbonyl (C=O) groups excluding carboxylic acids is 1. The standard InChI is InChI=1S/C18H25F2N3OS/c19-18(20)3-1-12(2-4-18)23-17(24)10-5-16(25-9-10)14-8-15(14)22-13-6-11(21)7-13/h5,9,11-15,22H,1-4,6-8,21H2,(H,23,24). The second kappa shape index (κ2) is 6.59. The first kappa shape index (κ1) is 17.4. The average molecular weight is 369 g/mol. The molecule has 4 nitrogen and oxygen atoms in total. The van der Waals surface area contributed by atoms with Gasteiger partial charge in [0.2, 0.25) is 5.92 Å². The summed E-state index contributed by atoms with van der Waals surface area (Å²) in [5, 5.41) is 8.44. The Hall–Kier alpha value is -1.05. The van der Waals surface area contributed by atoms with Crippen molar-refractivity contribution in [2.24, 2.45) is 5.73 Å². The highest BCUT2D eigenvalue weighted by atomic mass is 32.1. The van der Waals surface area contributed by atoms with E-state index in [1.54, 1.807) is 11.3 Å². The minimum atomic E-state index is -2.56. The van der Waals surface area contributed by atoms with Crippen LogP contribution in [0.25, 0.3) is 0 Å². The third kappa shape index (κ3) is 4.04. The van der Waals surface area contributed by atoms with Crippen LogP contribution in [0.5, 0.6) is 0 Å². The quantitative estimate of drug-likeness (QED) is 0.747. The topological polar surface area (TPSA) is 67.1 Å². The Morgan fingerprint density at radius 2 is 1.92 bits per heavy atom. The summed E-state index contributed by atoms with van der Waals surface area (Å²) in [7, 11) is 0. The van der Waals surface area contributed by atoms with Crippen LogP contribution < -0.4 is 16.4 Å². The van der Waals surface area contributed by atoms with Gasteiger partial charge in [-0.15, -0.1) is 11.3 Å². The second-order valence-electron chi connectivity index (χ2n) is 7.89. The Kier molecular flexibility index (Phi) is 4.58. The maximum atomic E-state index is 13.2. The summed E-state index contributed by atoms with van der Waals surface area (Å²) in [4.78, 5) is 13.6. The first-order chi connectivity index (χ1) is 11.9. The molecule has 138 valence electrons. The molecule has 0 aromatic carbocycles. The number of nitrogens with two attached hydrogens (primary N) is 1. The first-order valence-electron chi connectivity index (χ1n) is 9.18. The predicted octanol–water partition coefficient (Wildman–Crippen LogP) is 2.99. The zero-order valence-corrected chi connectivity index (χ0v) is 15.0. The highest BCUT2D eigenvalue weighted by Gasteiger charge is 2.42. The molecule has 3 saturated carbocycles. The van der Waals surface area contributed by atoms with Gasteiger partial charge in [-0.25, -0.2) is 8.78 Å². The summed E-state index contributed by atoms with van der Waals surface area (Å²) >= 11 is 1.62. The molecule has 0 spiro atoms. The molecule has 1 aromatic rings. The molecule has 4 N–H and O–H groups in total. The Balaban J connectivity index is 1.26. The van der Waals surface area contributed by atoms with Crippen molar-refractivity contribution in [3.63, 3.8) is 0 Å². The molecule has 1 aromatic heterocycles. The third-order valence-electron chi connectivity index (χ3n) is 5.71. The number of nitrogens with one attached hydrogen (secondary N) is 2. The summed E-state index contributed by atoms with van der Waals surface area (Å²) < 4.78 is 26.4. The fourth-order valence-electron chi connectivity index (χ4n) is 3.91. The van der Waals surface area contributed by atoms with Crippen molar-refractivity contribution >= 4 is 17.2 Å². The van der Waals surface area contributed by atoms with Gasteiger partial charge in [-0.1, -0.05) is 0 Å². The van der Waals surface area contributed by atoms with E-state index in [9.17, 15) is 13.6 Å². The molecule has 3 fully saturated rings. The molecule has 0 radical (unpaired) electrons. The lowest BCUT2D eigenvalue weighted by Crippen LogP contribution is -2.49. The van der Waals surface area contributed by atoms with Gasteiger partial charge in [-0.05, 0) is 38.2 Å². The molecule has 2 atom stereocenters. The van der Waals surface area contributed by atoms with E-state index in [2.05, 4.69) is 10.6 Å². The fraction of sp³-hybridized carbons (Fsp3) is 0.722. The van der Waals surface area contributed by atoms with Gasteiger partial charge in [0.15, 0.2) is 0 Å². The van der Waals surface area contributed by atoms with Gasteiger partial charge in [-0.3, -0.25) is 4.79 Å². The number of hydrogen-bond donors (Lipinski definition) is 3. The van der Waals surface area contributed by atoms with E-state index in [0.29, 0.717) is 42.4 Å². The van der Waals surface area contributed by atoms with Crippen molar-refractivity contribution < 1.29 is 13.6 Å². The number of carbonyl (C=O) groups is 1. The number of hydrogen-bond acceptors (Lipinski definition) is 4. The molecule has 2 unspecified atom stereocenters. The molecule has 4 rings (SSSR count). The van der Waals surface area contributed by atoms with E-state index in [4.69, 9.17) is 5.73 Å². The van der Waals surface area contributed by atoms with Gasteiger partial charge in [0, 0.05) is 53.2 Å². The predicted molar refractivity (Wildman–Crippen MR) is 94.3 cm³/mol. The SMILES string of the molecule is NC1CC(NC2CC2c2cc(C(=O)NC3CCC(F)(F)CC3)cs2)C1. The van der Waals surface area contributed by atoms with Gasteiger partial charge in [-0.2, -0.15) is 0 Å². The van der Waals surface area contributed by atoms with Crippen molar-refractivity contribution in [1.29, 1.82) is 0 Å². The molecule has 0 bridgehead atoms. The summed E-state index contributed by atoms with van der Waals surface area (Å²) in [5.74, 6) is -2.20. The van der Waals surface area contributed by atoms with Crippen LogP contribution >= 0.6 is 11.3 Å². The number of amides is 1. The van der Waals surface area contributed by atoms with Gasteiger partial charge in [0.25, 0.3) is 5.91 Å². The Morgan fingerprint density at radius 3 is 2.60 bits per heavy atom. The number of alkyl halides is 2. The first-order valence-corrected chi connectivity index (χ1v) is 10.1. The van der Waals surface area contributed by atoms with E-state index in [1.165, 1.54) is 4.88 Å². The van der Waals surface area contributed by atoms with Crippen LogP contribution in [0.3, 0.4) is 0 Å². The van der Waals surface area contributed by atoms with E-state index < -0.39 is 5.92 Å². The van der Waals surface area contributed by atoms with E-state index in [-0.39, 0.29) is 24.8 Å². The van der Waals surface area contributed by atoms with Gasteiger partial charge in [0.1, 0.15) is 0 Å². The van der Waals surface area contributed by atoms with Crippen LogP contribution in [0.2, 0.25) is 0 Å². The molecular weight excluding hydrogens is 344 g/mol. The van der Waals surface area contributed by atoms with Crippen LogP contribution in [0, 0.1) is 0 Å². The molecule has 3 aliphatic rings. The monoisotopic (exact) mass is 369 g/mol. The van der Waals surface area contributed by atoms with E-state index >= 15 is 0 Å². The molecule has 1 heterocycles. The minimum absolute atomic E-state index is 0.131. The third-order valence-corrected chi connectivity index (χ3v) is 6.78. The van der Waals surface area contributed by atoms with Crippen molar-refractivity contribution in [2.45, 2.75) is 81.0 Å². The summed E-state index contributed by atoms with van der Waals surface area (Å²) in [6.45, 7) is 0. The molecule has 3 aliphatic carbocycles. The lowest BCUT2D eigenvalue weighted by molar-refractivity contribution is -0.0399. The average Bonchev–Trinajstić information content (AvgIpc) is 3.12. The van der Waals surface area contributed by atoms with Gasteiger partial charge >= 0.3 is 0 Å². The van der Waals surface area contributed by atoms with Crippen LogP contribution in [0.15, 0.2) is 11.4 Å². The number of rotatable bonds is 5. The Labute approximate surface area is 150 Å². The number of halogens is 2. The van der Waals surface area contributed by atoms with Crippen LogP contribution in [-0.2, 0) is 0 Å². The largest absolute Gasteiger partial charge is 0.349 e. The molecular formula is C18H25F2N3OS. The van der Waals surface area contributed by atoms with E-state index in [1.807, 2.05) is 11.4 Å². The molecule has 7 heteroatoms. The zero-order chi connectivity index (χ0) is 17.6. The summed E-state index contributed by atoms with van der Waals surface area (Å²) in [5.41, 5.74) is 6.48. The maximum absolute atomic E-state index is 13.2.